The third-order valence-corrected chi connectivity index (χ3v) is 4.11. The lowest BCUT2D eigenvalue weighted by atomic mass is 9.97. The zero-order valence-electron chi connectivity index (χ0n) is 13.2. The van der Waals surface area contributed by atoms with Crippen LogP contribution >= 0.6 is 0 Å². The second-order valence-corrected chi connectivity index (χ2v) is 6.04. The van der Waals surface area contributed by atoms with Gasteiger partial charge in [0.25, 0.3) is 5.91 Å². The third-order valence-electron chi connectivity index (χ3n) is 4.11. The van der Waals surface area contributed by atoms with Gasteiger partial charge in [0.15, 0.2) is 0 Å². The molecule has 1 N–H and O–H groups in total. The van der Waals surface area contributed by atoms with Crippen LogP contribution in [0.5, 0.6) is 0 Å². The molecule has 0 unspecified atom stereocenters. The molecule has 1 aliphatic heterocycles. The van der Waals surface area contributed by atoms with Crippen LogP contribution in [0.4, 0.5) is 0 Å². The van der Waals surface area contributed by atoms with E-state index in [2.05, 4.69) is 5.10 Å². The molecule has 1 aromatic heterocycles. The Hall–Kier alpha value is -2.63. The summed E-state index contributed by atoms with van der Waals surface area (Å²) >= 11 is 0. The standard InChI is InChI=1S/C17H19N3O3/c1-11(2)20-8-6-15(18-20)16(21)19-7-5-12-3-4-13(17(22)23)9-14(12)10-19/h3-4,6,8-9,11H,5,7,10H2,1-2H3,(H,22,23). The van der Waals surface area contributed by atoms with Crippen molar-refractivity contribution in [1.82, 2.24) is 14.7 Å². The predicted octanol–water partition coefficient (Wildman–Crippen LogP) is 2.36. The van der Waals surface area contributed by atoms with Crippen molar-refractivity contribution in [3.05, 3.63) is 52.8 Å². The maximum Gasteiger partial charge on any atom is 0.335 e. The van der Waals surface area contributed by atoms with Gasteiger partial charge in [-0.2, -0.15) is 5.10 Å². The largest absolute Gasteiger partial charge is 0.478 e. The Bertz CT molecular complexity index is 764. The van der Waals surface area contributed by atoms with Gasteiger partial charge in [-0.25, -0.2) is 4.79 Å². The predicted molar refractivity (Wildman–Crippen MR) is 84.5 cm³/mol. The molecule has 1 amide bonds. The molecular formula is C17H19N3O3. The van der Waals surface area contributed by atoms with E-state index in [1.165, 1.54) is 0 Å². The second kappa shape index (κ2) is 5.87. The van der Waals surface area contributed by atoms with Crippen LogP contribution in [-0.2, 0) is 13.0 Å². The van der Waals surface area contributed by atoms with Crippen molar-refractivity contribution in [2.75, 3.05) is 6.54 Å². The van der Waals surface area contributed by atoms with E-state index in [-0.39, 0.29) is 17.5 Å². The molecule has 120 valence electrons. The first-order chi connectivity index (χ1) is 11.0. The van der Waals surface area contributed by atoms with Crippen molar-refractivity contribution in [2.45, 2.75) is 32.9 Å². The smallest absolute Gasteiger partial charge is 0.335 e. The van der Waals surface area contributed by atoms with Gasteiger partial charge in [0.2, 0.25) is 0 Å². The maximum atomic E-state index is 12.6. The first kappa shape index (κ1) is 15.3. The molecule has 1 aliphatic rings. The molecule has 0 saturated carbocycles. The highest BCUT2D eigenvalue weighted by atomic mass is 16.4. The summed E-state index contributed by atoms with van der Waals surface area (Å²) in [5.74, 6) is -1.07. The number of amides is 1. The number of aromatic carboxylic acids is 1. The first-order valence-electron chi connectivity index (χ1n) is 7.65. The number of hydrogen-bond acceptors (Lipinski definition) is 3. The Morgan fingerprint density at radius 3 is 2.65 bits per heavy atom. The van der Waals surface area contributed by atoms with Crippen LogP contribution in [0.1, 0.15) is 51.9 Å². The summed E-state index contributed by atoms with van der Waals surface area (Å²) in [5.41, 5.74) is 2.68. The van der Waals surface area contributed by atoms with E-state index < -0.39 is 5.97 Å². The number of carboxylic acid groups (broad SMARTS) is 1. The summed E-state index contributed by atoms with van der Waals surface area (Å²) < 4.78 is 1.76. The third kappa shape index (κ3) is 2.97. The fourth-order valence-electron chi connectivity index (χ4n) is 2.77. The van der Waals surface area contributed by atoms with Gasteiger partial charge in [-0.05, 0) is 49.6 Å². The SMILES string of the molecule is CC(C)n1ccc(C(=O)N2CCc3ccc(C(=O)O)cc3C2)n1. The number of carboxylic acids is 1. The molecule has 0 bridgehead atoms. The highest BCUT2D eigenvalue weighted by Crippen LogP contribution is 2.22. The van der Waals surface area contributed by atoms with Crippen molar-refractivity contribution in [3.63, 3.8) is 0 Å². The highest BCUT2D eigenvalue weighted by Gasteiger charge is 2.24. The van der Waals surface area contributed by atoms with Gasteiger partial charge in [-0.15, -0.1) is 0 Å². The summed E-state index contributed by atoms with van der Waals surface area (Å²) in [4.78, 5) is 25.4. The Morgan fingerprint density at radius 1 is 1.22 bits per heavy atom. The molecule has 0 spiro atoms. The summed E-state index contributed by atoms with van der Waals surface area (Å²) in [6.45, 7) is 5.05. The van der Waals surface area contributed by atoms with Gasteiger partial charge in [-0.3, -0.25) is 9.48 Å². The van der Waals surface area contributed by atoms with Crippen LogP contribution in [0, 0.1) is 0 Å². The van der Waals surface area contributed by atoms with Crippen molar-refractivity contribution < 1.29 is 14.7 Å². The van der Waals surface area contributed by atoms with Crippen molar-refractivity contribution in [3.8, 4) is 0 Å². The van der Waals surface area contributed by atoms with Crippen molar-refractivity contribution in [2.24, 2.45) is 0 Å². The highest BCUT2D eigenvalue weighted by molar-refractivity contribution is 5.92. The average Bonchev–Trinajstić information content (AvgIpc) is 3.03. The average molecular weight is 313 g/mol. The number of benzene rings is 1. The fourth-order valence-corrected chi connectivity index (χ4v) is 2.77. The van der Waals surface area contributed by atoms with Crippen LogP contribution in [0.15, 0.2) is 30.5 Å². The maximum absolute atomic E-state index is 12.6. The van der Waals surface area contributed by atoms with E-state index in [0.717, 1.165) is 17.5 Å². The zero-order chi connectivity index (χ0) is 16.6. The van der Waals surface area contributed by atoms with Crippen LogP contribution in [0.3, 0.4) is 0 Å². The van der Waals surface area contributed by atoms with Crippen LogP contribution in [0.2, 0.25) is 0 Å². The van der Waals surface area contributed by atoms with E-state index in [9.17, 15) is 9.59 Å². The topological polar surface area (TPSA) is 75.4 Å². The molecule has 3 rings (SSSR count). The molecule has 0 saturated heterocycles. The molecule has 1 aromatic carbocycles. The summed E-state index contributed by atoms with van der Waals surface area (Å²) in [7, 11) is 0. The number of carbonyl (C=O) groups is 2. The molecule has 0 atom stereocenters. The molecule has 2 heterocycles. The summed E-state index contributed by atoms with van der Waals surface area (Å²) in [6.07, 6.45) is 2.53. The molecule has 6 nitrogen and oxygen atoms in total. The normalized spacial score (nSPS) is 14.0. The summed E-state index contributed by atoms with van der Waals surface area (Å²) in [5, 5.41) is 13.4. The number of fused-ring (bicyclic) bond motifs is 1. The van der Waals surface area contributed by atoms with Gasteiger partial charge in [0.1, 0.15) is 5.69 Å². The Balaban J connectivity index is 1.81. The molecule has 6 heteroatoms. The molecule has 0 aliphatic carbocycles. The van der Waals surface area contributed by atoms with E-state index in [0.29, 0.717) is 18.8 Å². The Morgan fingerprint density at radius 2 is 2.00 bits per heavy atom. The van der Waals surface area contributed by atoms with E-state index in [1.54, 1.807) is 34.0 Å². The van der Waals surface area contributed by atoms with Crippen molar-refractivity contribution >= 4 is 11.9 Å². The molecule has 23 heavy (non-hydrogen) atoms. The number of aromatic nitrogens is 2. The molecule has 2 aromatic rings. The van der Waals surface area contributed by atoms with Crippen LogP contribution in [-0.4, -0.2) is 38.2 Å². The number of hydrogen-bond donors (Lipinski definition) is 1. The fraction of sp³-hybridized carbons (Fsp3) is 0.353. The lowest BCUT2D eigenvalue weighted by Gasteiger charge is -2.28. The van der Waals surface area contributed by atoms with Gasteiger partial charge in [-0.1, -0.05) is 6.07 Å². The molecule has 0 fully saturated rings. The number of carbonyl (C=O) groups excluding carboxylic acids is 1. The summed E-state index contributed by atoms with van der Waals surface area (Å²) in [6, 6.07) is 7.05. The van der Waals surface area contributed by atoms with Gasteiger partial charge >= 0.3 is 5.97 Å². The first-order valence-corrected chi connectivity index (χ1v) is 7.65. The lowest BCUT2D eigenvalue weighted by Crippen LogP contribution is -2.36. The van der Waals surface area contributed by atoms with Crippen LogP contribution < -0.4 is 0 Å². The lowest BCUT2D eigenvalue weighted by molar-refractivity contribution is 0.0696. The minimum atomic E-state index is -0.952. The minimum Gasteiger partial charge on any atom is -0.478 e. The van der Waals surface area contributed by atoms with E-state index in [1.807, 2.05) is 19.9 Å². The monoisotopic (exact) mass is 313 g/mol. The van der Waals surface area contributed by atoms with Gasteiger partial charge < -0.3 is 10.0 Å². The Kier molecular flexibility index (Phi) is 3.90. The Labute approximate surface area is 134 Å². The van der Waals surface area contributed by atoms with Crippen molar-refractivity contribution in [1.29, 1.82) is 0 Å². The molecular weight excluding hydrogens is 294 g/mol. The minimum absolute atomic E-state index is 0.115. The van der Waals surface area contributed by atoms with E-state index in [4.69, 9.17) is 5.11 Å². The molecule has 0 radical (unpaired) electrons. The second-order valence-electron chi connectivity index (χ2n) is 6.04. The van der Waals surface area contributed by atoms with Crippen LogP contribution in [0.25, 0.3) is 0 Å². The van der Waals surface area contributed by atoms with Gasteiger partial charge in [0, 0.05) is 25.3 Å². The van der Waals surface area contributed by atoms with E-state index >= 15 is 0 Å². The quantitative estimate of drug-likeness (QED) is 0.944. The zero-order valence-corrected chi connectivity index (χ0v) is 13.2. The number of nitrogens with zero attached hydrogens (tertiary/aromatic N) is 3. The van der Waals surface area contributed by atoms with Gasteiger partial charge in [0.05, 0.1) is 5.56 Å². The number of rotatable bonds is 3.